The highest BCUT2D eigenvalue weighted by molar-refractivity contribution is 7.80. The number of benzene rings is 1. The largest absolute Gasteiger partial charge is 0.491 e. The van der Waals surface area contributed by atoms with Gasteiger partial charge in [0.2, 0.25) is 0 Å². The van der Waals surface area contributed by atoms with E-state index in [1.54, 1.807) is 0 Å². The first-order valence-corrected chi connectivity index (χ1v) is 14.5. The van der Waals surface area contributed by atoms with Gasteiger partial charge < -0.3 is 23.7 Å². The van der Waals surface area contributed by atoms with E-state index in [1.807, 2.05) is 0 Å². The zero-order valence-corrected chi connectivity index (χ0v) is 25.7. The molecular formula is C28H50O9S. The number of rotatable bonds is 17. The van der Waals surface area contributed by atoms with E-state index in [1.165, 1.54) is 16.7 Å². The van der Waals surface area contributed by atoms with Crippen LogP contribution in [0.4, 0.5) is 0 Å². The van der Waals surface area contributed by atoms with Crippen molar-refractivity contribution in [3.05, 3.63) is 28.8 Å². The van der Waals surface area contributed by atoms with Crippen LogP contribution in [0.2, 0.25) is 0 Å². The lowest BCUT2D eigenvalue weighted by Crippen LogP contribution is -2.29. The summed E-state index contributed by atoms with van der Waals surface area (Å²) in [7, 11) is -4.42. The van der Waals surface area contributed by atoms with E-state index >= 15 is 0 Å². The predicted molar refractivity (Wildman–Crippen MR) is 149 cm³/mol. The molecule has 1 N–H and O–H groups in total. The summed E-state index contributed by atoms with van der Waals surface area (Å²) in [4.78, 5) is 0. The Morgan fingerprint density at radius 1 is 0.579 bits per heavy atom. The highest BCUT2D eigenvalue weighted by Crippen LogP contribution is 2.45. The first-order chi connectivity index (χ1) is 17.4. The third kappa shape index (κ3) is 13.7. The monoisotopic (exact) mass is 562 g/mol. The molecule has 0 saturated carbocycles. The van der Waals surface area contributed by atoms with Crippen molar-refractivity contribution in [3.63, 3.8) is 0 Å². The van der Waals surface area contributed by atoms with E-state index in [0.29, 0.717) is 46.2 Å². The van der Waals surface area contributed by atoms with Gasteiger partial charge in [-0.15, -0.1) is 0 Å². The molecule has 0 radical (unpaired) electrons. The van der Waals surface area contributed by atoms with Gasteiger partial charge in [-0.1, -0.05) is 68.4 Å². The Morgan fingerprint density at radius 3 is 1.34 bits per heavy atom. The molecule has 0 aliphatic rings. The first kappa shape index (κ1) is 34.8. The van der Waals surface area contributed by atoms with Crippen molar-refractivity contribution < 1.29 is 40.8 Å². The molecular weight excluding hydrogens is 512 g/mol. The molecule has 0 aliphatic carbocycles. The summed E-state index contributed by atoms with van der Waals surface area (Å²) in [6.45, 7) is 23.4. The van der Waals surface area contributed by atoms with Crippen LogP contribution in [0.25, 0.3) is 0 Å². The highest BCUT2D eigenvalue weighted by atomic mass is 32.3. The van der Waals surface area contributed by atoms with Crippen molar-refractivity contribution in [3.8, 4) is 5.75 Å². The SMILES string of the molecule is CC(C)(C)c1ccc(OCCOCCOCCOCCOCCOS(=O)(=O)O)c(C(C)(C)C)c1C(C)(C)C. The number of ether oxygens (including phenoxy) is 5. The van der Waals surface area contributed by atoms with Gasteiger partial charge in [-0.3, -0.25) is 4.55 Å². The van der Waals surface area contributed by atoms with Gasteiger partial charge in [-0.2, -0.15) is 8.42 Å². The second kappa shape index (κ2) is 15.5. The van der Waals surface area contributed by atoms with Gasteiger partial charge in [0.25, 0.3) is 0 Å². The fourth-order valence-corrected chi connectivity index (χ4v) is 4.30. The van der Waals surface area contributed by atoms with E-state index in [9.17, 15) is 8.42 Å². The summed E-state index contributed by atoms with van der Waals surface area (Å²) < 4.78 is 61.2. The number of hydrogen-bond acceptors (Lipinski definition) is 8. The van der Waals surface area contributed by atoms with Gasteiger partial charge in [0.1, 0.15) is 12.4 Å². The Balaban J connectivity index is 2.35. The molecule has 0 aliphatic heterocycles. The zero-order chi connectivity index (χ0) is 29.0. The molecule has 0 saturated heterocycles. The molecule has 0 heterocycles. The van der Waals surface area contributed by atoms with Crippen molar-refractivity contribution in [2.45, 2.75) is 78.6 Å². The zero-order valence-electron chi connectivity index (χ0n) is 24.8. The first-order valence-electron chi connectivity index (χ1n) is 13.2. The third-order valence-electron chi connectivity index (χ3n) is 5.54. The van der Waals surface area contributed by atoms with Crippen LogP contribution in [0.5, 0.6) is 5.75 Å². The van der Waals surface area contributed by atoms with Crippen molar-refractivity contribution in [2.75, 3.05) is 66.1 Å². The van der Waals surface area contributed by atoms with Crippen molar-refractivity contribution in [2.24, 2.45) is 0 Å². The minimum Gasteiger partial charge on any atom is -0.491 e. The standard InChI is InChI=1S/C28H50O9S/c1-26(2,3)22-10-11-23(25(28(7,8)9)24(22)27(4,5)6)36-20-18-34-16-14-32-12-13-33-15-17-35-19-21-37-38(29,30)31/h10-11H,12-21H2,1-9H3,(H,29,30,31). The van der Waals surface area contributed by atoms with Crippen LogP contribution in [0.3, 0.4) is 0 Å². The molecule has 0 atom stereocenters. The Kier molecular flexibility index (Phi) is 14.2. The summed E-state index contributed by atoms with van der Waals surface area (Å²) in [6.07, 6.45) is 0. The quantitative estimate of drug-likeness (QED) is 0.211. The average molecular weight is 563 g/mol. The van der Waals surface area contributed by atoms with Crippen molar-refractivity contribution in [1.29, 1.82) is 0 Å². The topological polar surface area (TPSA) is 110 Å². The van der Waals surface area contributed by atoms with Crippen molar-refractivity contribution >= 4 is 10.4 Å². The molecule has 0 aromatic heterocycles. The van der Waals surface area contributed by atoms with Gasteiger partial charge in [0.15, 0.2) is 0 Å². The molecule has 0 amide bonds. The average Bonchev–Trinajstić information content (AvgIpc) is 2.75. The van der Waals surface area contributed by atoms with Crippen LogP contribution in [0, 0.1) is 0 Å². The number of hydrogen-bond donors (Lipinski definition) is 1. The van der Waals surface area contributed by atoms with E-state index in [-0.39, 0.29) is 36.1 Å². The van der Waals surface area contributed by atoms with E-state index in [4.69, 9.17) is 28.2 Å². The minimum atomic E-state index is -4.42. The van der Waals surface area contributed by atoms with Crippen molar-refractivity contribution in [1.82, 2.24) is 0 Å². The molecule has 0 unspecified atom stereocenters. The van der Waals surface area contributed by atoms with Crippen LogP contribution < -0.4 is 4.74 Å². The Labute approximate surface area is 230 Å². The Bertz CT molecular complexity index is 923. The molecule has 0 bridgehead atoms. The Morgan fingerprint density at radius 2 is 0.974 bits per heavy atom. The molecule has 1 rings (SSSR count). The lowest BCUT2D eigenvalue weighted by Gasteiger charge is -2.37. The smallest absolute Gasteiger partial charge is 0.397 e. The lowest BCUT2D eigenvalue weighted by atomic mass is 9.68. The summed E-state index contributed by atoms with van der Waals surface area (Å²) in [5.41, 5.74) is 3.93. The maximum atomic E-state index is 10.4. The van der Waals surface area contributed by atoms with Gasteiger partial charge in [-0.05, 0) is 33.4 Å². The minimum absolute atomic E-state index is 0.0180. The van der Waals surface area contributed by atoms with Crippen LogP contribution >= 0.6 is 0 Å². The molecule has 0 spiro atoms. The maximum absolute atomic E-state index is 10.4. The Hall–Kier alpha value is -1.27. The van der Waals surface area contributed by atoms with Crippen LogP contribution in [-0.2, 0) is 49.8 Å². The molecule has 1 aromatic rings. The van der Waals surface area contributed by atoms with Crippen LogP contribution in [0.1, 0.15) is 79.0 Å². The molecule has 38 heavy (non-hydrogen) atoms. The normalized spacial score (nSPS) is 13.2. The van der Waals surface area contributed by atoms with E-state index in [2.05, 4.69) is 78.6 Å². The van der Waals surface area contributed by atoms with Crippen LogP contribution in [0.15, 0.2) is 12.1 Å². The molecule has 0 fully saturated rings. The summed E-state index contributed by atoms with van der Waals surface area (Å²) >= 11 is 0. The fourth-order valence-electron chi connectivity index (χ4n) is 4.02. The van der Waals surface area contributed by atoms with Crippen LogP contribution in [-0.4, -0.2) is 79.0 Å². The summed E-state index contributed by atoms with van der Waals surface area (Å²) in [6, 6.07) is 4.32. The van der Waals surface area contributed by atoms with E-state index in [0.717, 1.165) is 5.75 Å². The lowest BCUT2D eigenvalue weighted by molar-refractivity contribution is -0.00713. The molecule has 9 nitrogen and oxygen atoms in total. The van der Waals surface area contributed by atoms with Gasteiger partial charge in [0.05, 0.1) is 59.5 Å². The predicted octanol–water partition coefficient (Wildman–Crippen LogP) is 4.84. The van der Waals surface area contributed by atoms with Gasteiger partial charge >= 0.3 is 10.4 Å². The second-order valence-electron chi connectivity index (χ2n) is 12.2. The van der Waals surface area contributed by atoms with Gasteiger partial charge in [0, 0.05) is 5.56 Å². The van der Waals surface area contributed by atoms with E-state index < -0.39 is 10.4 Å². The third-order valence-corrected chi connectivity index (χ3v) is 6.00. The van der Waals surface area contributed by atoms with Gasteiger partial charge in [-0.25, -0.2) is 4.18 Å². The highest BCUT2D eigenvalue weighted by Gasteiger charge is 2.34. The maximum Gasteiger partial charge on any atom is 0.397 e. The molecule has 10 heteroatoms. The summed E-state index contributed by atoms with van der Waals surface area (Å²) in [5.74, 6) is 0.919. The summed E-state index contributed by atoms with van der Waals surface area (Å²) in [5, 5.41) is 0. The molecule has 222 valence electrons. The fraction of sp³-hybridized carbons (Fsp3) is 0.786. The molecule has 1 aromatic carbocycles. The second-order valence-corrected chi connectivity index (χ2v) is 13.3.